The summed E-state index contributed by atoms with van der Waals surface area (Å²) >= 11 is 0. The Bertz CT molecular complexity index is 644. The number of nitrogens with two attached hydrogens (primary N) is 1. The Hall–Kier alpha value is -2.36. The van der Waals surface area contributed by atoms with Crippen LogP contribution in [-0.4, -0.2) is 17.7 Å². The zero-order valence-electron chi connectivity index (χ0n) is 9.67. The van der Waals surface area contributed by atoms with Gasteiger partial charge in [-0.3, -0.25) is 4.79 Å². The van der Waals surface area contributed by atoms with E-state index in [1.54, 1.807) is 0 Å². The highest BCUT2D eigenvalue weighted by Crippen LogP contribution is 2.24. The highest BCUT2D eigenvalue weighted by atomic mass is 16.6. The standard InChI is InChI=1S/C14H12N2O2/c15-14(17)13-8-12(16-18-13)11-7-3-5-9-4-1-2-6-10(9)11/h1-7,13H,8H2,(H2,15,17). The molecule has 1 atom stereocenters. The number of oxime groups is 1. The summed E-state index contributed by atoms with van der Waals surface area (Å²) in [5, 5.41) is 6.22. The second kappa shape index (κ2) is 4.14. The maximum Gasteiger partial charge on any atom is 0.261 e. The van der Waals surface area contributed by atoms with Gasteiger partial charge in [0.25, 0.3) is 5.91 Å². The topological polar surface area (TPSA) is 64.7 Å². The quantitative estimate of drug-likeness (QED) is 0.870. The van der Waals surface area contributed by atoms with Gasteiger partial charge in [-0.2, -0.15) is 0 Å². The zero-order chi connectivity index (χ0) is 12.5. The first kappa shape index (κ1) is 10.8. The minimum absolute atomic E-state index is 0.434. The second-order valence-electron chi connectivity index (χ2n) is 4.27. The van der Waals surface area contributed by atoms with Crippen molar-refractivity contribution in [3.63, 3.8) is 0 Å². The molecule has 2 N–H and O–H groups in total. The van der Waals surface area contributed by atoms with Gasteiger partial charge in [0.1, 0.15) is 0 Å². The lowest BCUT2D eigenvalue weighted by molar-refractivity contribution is -0.127. The van der Waals surface area contributed by atoms with Gasteiger partial charge in [0.2, 0.25) is 6.10 Å². The highest BCUT2D eigenvalue weighted by Gasteiger charge is 2.27. The van der Waals surface area contributed by atoms with Crippen LogP contribution in [0, 0.1) is 0 Å². The first-order valence-corrected chi connectivity index (χ1v) is 5.76. The third-order valence-corrected chi connectivity index (χ3v) is 3.09. The molecule has 1 unspecified atom stereocenters. The fraction of sp³-hybridized carbons (Fsp3) is 0.143. The molecule has 90 valence electrons. The molecular weight excluding hydrogens is 228 g/mol. The molecule has 0 saturated carbocycles. The van der Waals surface area contributed by atoms with Crippen molar-refractivity contribution < 1.29 is 9.63 Å². The van der Waals surface area contributed by atoms with E-state index in [-0.39, 0.29) is 0 Å². The summed E-state index contributed by atoms with van der Waals surface area (Å²) in [6, 6.07) is 14.0. The van der Waals surface area contributed by atoms with Crippen LogP contribution in [0.5, 0.6) is 0 Å². The SMILES string of the molecule is NC(=O)C1CC(c2cccc3ccccc23)=NO1. The number of hydrogen-bond donors (Lipinski definition) is 1. The summed E-state index contributed by atoms with van der Waals surface area (Å²) in [4.78, 5) is 16.1. The van der Waals surface area contributed by atoms with E-state index in [1.165, 1.54) is 0 Å². The number of fused-ring (bicyclic) bond motifs is 1. The molecule has 0 spiro atoms. The van der Waals surface area contributed by atoms with E-state index in [0.717, 1.165) is 22.0 Å². The number of carbonyl (C=O) groups excluding carboxylic acids is 1. The molecule has 4 heteroatoms. The fourth-order valence-electron chi connectivity index (χ4n) is 2.17. The average Bonchev–Trinajstić information content (AvgIpc) is 2.87. The molecule has 0 aliphatic carbocycles. The lowest BCUT2D eigenvalue weighted by atomic mass is 9.98. The van der Waals surface area contributed by atoms with Crippen molar-refractivity contribution in [1.82, 2.24) is 0 Å². The van der Waals surface area contributed by atoms with Crippen LogP contribution < -0.4 is 5.73 Å². The first-order valence-electron chi connectivity index (χ1n) is 5.76. The van der Waals surface area contributed by atoms with Gasteiger partial charge in [-0.05, 0) is 10.8 Å². The van der Waals surface area contributed by atoms with Gasteiger partial charge in [-0.25, -0.2) is 0 Å². The van der Waals surface area contributed by atoms with Gasteiger partial charge in [0, 0.05) is 12.0 Å². The molecule has 2 aromatic rings. The van der Waals surface area contributed by atoms with Crippen LogP contribution in [0.25, 0.3) is 10.8 Å². The first-order chi connectivity index (χ1) is 8.75. The van der Waals surface area contributed by atoms with Crippen LogP contribution >= 0.6 is 0 Å². The second-order valence-corrected chi connectivity index (χ2v) is 4.27. The van der Waals surface area contributed by atoms with Crippen LogP contribution in [-0.2, 0) is 9.63 Å². The third-order valence-electron chi connectivity index (χ3n) is 3.09. The molecule has 0 bridgehead atoms. The van der Waals surface area contributed by atoms with Crippen molar-refractivity contribution in [2.75, 3.05) is 0 Å². The number of nitrogens with zero attached hydrogens (tertiary/aromatic N) is 1. The Morgan fingerprint density at radius 3 is 2.78 bits per heavy atom. The number of amides is 1. The van der Waals surface area contributed by atoms with Crippen molar-refractivity contribution in [2.24, 2.45) is 10.9 Å². The van der Waals surface area contributed by atoms with Crippen LogP contribution in [0.4, 0.5) is 0 Å². The van der Waals surface area contributed by atoms with E-state index in [1.807, 2.05) is 42.5 Å². The molecule has 3 rings (SSSR count). The summed E-state index contributed by atoms with van der Waals surface area (Å²) in [5.41, 5.74) is 6.98. The monoisotopic (exact) mass is 240 g/mol. The molecule has 1 aliphatic heterocycles. The van der Waals surface area contributed by atoms with Crippen molar-refractivity contribution in [1.29, 1.82) is 0 Å². The molecule has 0 saturated heterocycles. The van der Waals surface area contributed by atoms with Crippen molar-refractivity contribution in [2.45, 2.75) is 12.5 Å². The molecule has 2 aromatic carbocycles. The van der Waals surface area contributed by atoms with Gasteiger partial charge >= 0.3 is 0 Å². The Morgan fingerprint density at radius 2 is 2.00 bits per heavy atom. The van der Waals surface area contributed by atoms with Gasteiger partial charge in [0.05, 0.1) is 5.71 Å². The minimum atomic E-state index is -0.640. The summed E-state index contributed by atoms with van der Waals surface area (Å²) in [5.74, 6) is -0.478. The van der Waals surface area contributed by atoms with Crippen molar-refractivity contribution >= 4 is 22.4 Å². The third kappa shape index (κ3) is 1.72. The van der Waals surface area contributed by atoms with Gasteiger partial charge < -0.3 is 10.6 Å². The average molecular weight is 240 g/mol. The van der Waals surface area contributed by atoms with Crippen molar-refractivity contribution in [3.05, 3.63) is 48.0 Å². The number of benzene rings is 2. The molecule has 1 heterocycles. The molecule has 4 nitrogen and oxygen atoms in total. The van der Waals surface area contributed by atoms with Gasteiger partial charge in [0.15, 0.2) is 0 Å². The fourth-order valence-corrected chi connectivity index (χ4v) is 2.17. The Morgan fingerprint density at radius 1 is 1.22 bits per heavy atom. The van der Waals surface area contributed by atoms with Gasteiger partial charge in [-0.1, -0.05) is 47.6 Å². The number of primary amides is 1. The lowest BCUT2D eigenvalue weighted by Gasteiger charge is -2.05. The van der Waals surface area contributed by atoms with E-state index >= 15 is 0 Å². The summed E-state index contributed by atoms with van der Waals surface area (Å²) in [6.45, 7) is 0. The molecule has 1 aliphatic rings. The summed E-state index contributed by atoms with van der Waals surface area (Å²) in [6.07, 6.45) is -0.206. The maximum absolute atomic E-state index is 11.1. The number of rotatable bonds is 2. The zero-order valence-corrected chi connectivity index (χ0v) is 9.67. The number of hydrogen-bond acceptors (Lipinski definition) is 3. The predicted octanol–water partition coefficient (Wildman–Crippen LogP) is 1.82. The molecule has 0 aromatic heterocycles. The van der Waals surface area contributed by atoms with E-state index in [0.29, 0.717) is 6.42 Å². The van der Waals surface area contributed by atoms with E-state index in [4.69, 9.17) is 10.6 Å². The largest absolute Gasteiger partial charge is 0.382 e. The van der Waals surface area contributed by atoms with E-state index in [2.05, 4.69) is 5.16 Å². The summed E-state index contributed by atoms with van der Waals surface area (Å²) in [7, 11) is 0. The molecule has 0 radical (unpaired) electrons. The Kier molecular flexibility index (Phi) is 2.48. The van der Waals surface area contributed by atoms with Crippen LogP contribution in [0.1, 0.15) is 12.0 Å². The lowest BCUT2D eigenvalue weighted by Crippen LogP contribution is -2.28. The van der Waals surface area contributed by atoms with Gasteiger partial charge in [-0.15, -0.1) is 0 Å². The van der Waals surface area contributed by atoms with Crippen LogP contribution in [0.15, 0.2) is 47.6 Å². The van der Waals surface area contributed by atoms with Crippen LogP contribution in [0.2, 0.25) is 0 Å². The minimum Gasteiger partial charge on any atom is -0.382 e. The molecule has 0 fully saturated rings. The number of carbonyl (C=O) groups is 1. The molecule has 1 amide bonds. The smallest absolute Gasteiger partial charge is 0.261 e. The Balaban J connectivity index is 2.03. The van der Waals surface area contributed by atoms with E-state index in [9.17, 15) is 4.79 Å². The summed E-state index contributed by atoms with van der Waals surface area (Å²) < 4.78 is 0. The maximum atomic E-state index is 11.1. The van der Waals surface area contributed by atoms with E-state index < -0.39 is 12.0 Å². The highest BCUT2D eigenvalue weighted by molar-refractivity contribution is 6.12. The normalized spacial score (nSPS) is 18.4. The molecular formula is C14H12N2O2. The Labute approximate surface area is 104 Å². The molecule has 18 heavy (non-hydrogen) atoms. The van der Waals surface area contributed by atoms with Crippen LogP contribution in [0.3, 0.4) is 0 Å². The predicted molar refractivity (Wildman–Crippen MR) is 69.2 cm³/mol. The van der Waals surface area contributed by atoms with Crippen molar-refractivity contribution in [3.8, 4) is 0 Å².